The molecule has 0 aliphatic carbocycles. The molecule has 0 atom stereocenters. The minimum atomic E-state index is -0.438. The molecular formula is C12H8ClFINO2S. The summed E-state index contributed by atoms with van der Waals surface area (Å²) in [6, 6.07) is 4.14. The maximum absolute atomic E-state index is 13.2. The molecule has 1 heterocycles. The number of hydrogen-bond donors (Lipinski definition) is 0. The third kappa shape index (κ3) is 3.87. The molecule has 0 fully saturated rings. The zero-order valence-corrected chi connectivity index (χ0v) is 13.3. The molecule has 0 N–H and O–H groups in total. The molecule has 2 aromatic rings. The second kappa shape index (κ2) is 6.62. The smallest absolute Gasteiger partial charge is 0.350 e. The van der Waals surface area contributed by atoms with Crippen LogP contribution in [0.25, 0.3) is 10.6 Å². The Morgan fingerprint density at radius 1 is 1.47 bits per heavy atom. The Bertz CT molecular complexity index is 585. The first-order valence-corrected chi connectivity index (χ1v) is 7.97. The van der Waals surface area contributed by atoms with Gasteiger partial charge in [0.25, 0.3) is 0 Å². The highest BCUT2D eigenvalue weighted by Gasteiger charge is 2.13. The van der Waals surface area contributed by atoms with Gasteiger partial charge in [0.2, 0.25) is 0 Å². The van der Waals surface area contributed by atoms with Crippen LogP contribution in [0.2, 0.25) is 5.02 Å². The van der Waals surface area contributed by atoms with E-state index in [1.807, 2.05) is 0 Å². The summed E-state index contributed by atoms with van der Waals surface area (Å²) in [6.07, 6.45) is 1.42. The van der Waals surface area contributed by atoms with Crippen LogP contribution in [0.5, 0.6) is 0 Å². The third-order valence-electron chi connectivity index (χ3n) is 2.13. The van der Waals surface area contributed by atoms with Crippen molar-refractivity contribution in [3.05, 3.63) is 40.1 Å². The average Bonchev–Trinajstić information content (AvgIpc) is 2.84. The maximum atomic E-state index is 13.2. The SMILES string of the molecule is O=C(OCCI)c1cnc(-c2cc(F)cc(Cl)c2)s1. The molecule has 1 aromatic heterocycles. The van der Waals surface area contributed by atoms with Crippen molar-refractivity contribution >= 4 is 51.5 Å². The fourth-order valence-electron chi connectivity index (χ4n) is 1.38. The van der Waals surface area contributed by atoms with Crippen LogP contribution in [-0.4, -0.2) is 22.0 Å². The molecule has 0 radical (unpaired) electrons. The first-order chi connectivity index (χ1) is 9.10. The number of halogens is 3. The highest BCUT2D eigenvalue weighted by molar-refractivity contribution is 14.1. The third-order valence-corrected chi connectivity index (χ3v) is 3.81. The van der Waals surface area contributed by atoms with Gasteiger partial charge in [-0.1, -0.05) is 34.2 Å². The molecule has 0 unspecified atom stereocenters. The Kier molecular flexibility index (Phi) is 5.12. The predicted octanol–water partition coefficient (Wildman–Crippen LogP) is 4.19. The molecule has 2 rings (SSSR count). The molecule has 1 aromatic carbocycles. The molecule has 0 amide bonds. The summed E-state index contributed by atoms with van der Waals surface area (Å²) in [5.41, 5.74) is 0.544. The van der Waals surface area contributed by atoms with E-state index in [2.05, 4.69) is 27.6 Å². The molecule has 0 bridgehead atoms. The van der Waals surface area contributed by atoms with Gasteiger partial charge in [-0.05, 0) is 18.2 Å². The first-order valence-electron chi connectivity index (χ1n) is 5.25. The van der Waals surface area contributed by atoms with Crippen molar-refractivity contribution in [2.45, 2.75) is 0 Å². The van der Waals surface area contributed by atoms with Gasteiger partial charge in [-0.2, -0.15) is 0 Å². The van der Waals surface area contributed by atoms with E-state index in [1.165, 1.54) is 18.3 Å². The fraction of sp³-hybridized carbons (Fsp3) is 0.167. The Morgan fingerprint density at radius 2 is 2.26 bits per heavy atom. The van der Waals surface area contributed by atoms with E-state index in [0.29, 0.717) is 27.1 Å². The van der Waals surface area contributed by atoms with Gasteiger partial charge in [-0.15, -0.1) is 11.3 Å². The predicted molar refractivity (Wildman–Crippen MR) is 81.7 cm³/mol. The summed E-state index contributed by atoms with van der Waals surface area (Å²) in [5.74, 6) is -0.852. The van der Waals surface area contributed by atoms with Crippen molar-refractivity contribution in [2.75, 3.05) is 11.0 Å². The van der Waals surface area contributed by atoms with E-state index < -0.39 is 11.8 Å². The van der Waals surface area contributed by atoms with E-state index >= 15 is 0 Å². The number of nitrogens with zero attached hydrogens (tertiary/aromatic N) is 1. The van der Waals surface area contributed by atoms with Gasteiger partial charge in [0.1, 0.15) is 22.3 Å². The van der Waals surface area contributed by atoms with E-state index in [9.17, 15) is 9.18 Å². The lowest BCUT2D eigenvalue weighted by Gasteiger charge is -1.99. The zero-order chi connectivity index (χ0) is 13.8. The van der Waals surface area contributed by atoms with E-state index in [0.717, 1.165) is 15.8 Å². The van der Waals surface area contributed by atoms with Gasteiger partial charge in [0.15, 0.2) is 0 Å². The number of carbonyl (C=O) groups is 1. The van der Waals surface area contributed by atoms with Gasteiger partial charge in [-0.25, -0.2) is 14.2 Å². The largest absolute Gasteiger partial charge is 0.461 e. The minimum absolute atomic E-state index is 0.291. The number of rotatable bonds is 4. The number of carbonyl (C=O) groups excluding carboxylic acids is 1. The summed E-state index contributed by atoms with van der Waals surface area (Å²) in [5, 5.41) is 0.821. The first kappa shape index (κ1) is 14.7. The van der Waals surface area contributed by atoms with Crippen LogP contribution in [0.4, 0.5) is 4.39 Å². The lowest BCUT2D eigenvalue weighted by Crippen LogP contribution is -2.04. The van der Waals surface area contributed by atoms with Crippen LogP contribution in [-0.2, 0) is 4.74 Å². The van der Waals surface area contributed by atoms with Gasteiger partial charge in [0, 0.05) is 15.0 Å². The molecule has 3 nitrogen and oxygen atoms in total. The number of aromatic nitrogens is 1. The molecular weight excluding hydrogens is 404 g/mol. The molecule has 7 heteroatoms. The summed E-state index contributed by atoms with van der Waals surface area (Å²) in [6.45, 7) is 0.360. The molecule has 0 spiro atoms. The second-order valence-corrected chi connectivity index (χ2v) is 6.06. The lowest BCUT2D eigenvalue weighted by molar-refractivity contribution is 0.0538. The Labute approximate surface area is 131 Å². The van der Waals surface area contributed by atoms with Crippen molar-refractivity contribution in [2.24, 2.45) is 0 Å². The summed E-state index contributed by atoms with van der Waals surface area (Å²) in [4.78, 5) is 16.1. The zero-order valence-electron chi connectivity index (χ0n) is 9.53. The van der Waals surface area contributed by atoms with Crippen molar-refractivity contribution in [3.63, 3.8) is 0 Å². The normalized spacial score (nSPS) is 10.5. The van der Waals surface area contributed by atoms with Crippen LogP contribution in [0.3, 0.4) is 0 Å². The highest BCUT2D eigenvalue weighted by Crippen LogP contribution is 2.28. The van der Waals surface area contributed by atoms with Crippen LogP contribution < -0.4 is 0 Å². The van der Waals surface area contributed by atoms with Crippen molar-refractivity contribution in [3.8, 4) is 10.6 Å². The fourth-order valence-corrected chi connectivity index (χ4v) is 2.62. The number of alkyl halides is 1. The molecule has 100 valence electrons. The van der Waals surface area contributed by atoms with Crippen molar-refractivity contribution < 1.29 is 13.9 Å². The molecule has 0 aliphatic heterocycles. The Morgan fingerprint density at radius 3 is 2.95 bits per heavy atom. The van der Waals surface area contributed by atoms with Crippen LogP contribution in [0, 0.1) is 5.82 Å². The molecule has 0 aliphatic rings. The van der Waals surface area contributed by atoms with Gasteiger partial charge < -0.3 is 4.74 Å². The maximum Gasteiger partial charge on any atom is 0.350 e. The van der Waals surface area contributed by atoms with Gasteiger partial charge >= 0.3 is 5.97 Å². The highest BCUT2D eigenvalue weighted by atomic mass is 127. The monoisotopic (exact) mass is 411 g/mol. The van der Waals surface area contributed by atoms with Gasteiger partial charge in [-0.3, -0.25) is 0 Å². The molecule has 0 saturated heterocycles. The van der Waals surface area contributed by atoms with Crippen LogP contribution in [0.1, 0.15) is 9.67 Å². The van der Waals surface area contributed by atoms with Gasteiger partial charge in [0.05, 0.1) is 6.20 Å². The quantitative estimate of drug-likeness (QED) is 0.430. The number of benzene rings is 1. The summed E-state index contributed by atoms with van der Waals surface area (Å²) >= 11 is 9.05. The number of ether oxygens (including phenoxy) is 1. The topological polar surface area (TPSA) is 39.2 Å². The van der Waals surface area contributed by atoms with E-state index in [-0.39, 0.29) is 0 Å². The summed E-state index contributed by atoms with van der Waals surface area (Å²) < 4.78 is 19.0. The van der Waals surface area contributed by atoms with E-state index in [4.69, 9.17) is 16.3 Å². The lowest BCUT2D eigenvalue weighted by atomic mass is 10.2. The number of esters is 1. The number of thiazole rings is 1. The molecule has 19 heavy (non-hydrogen) atoms. The van der Waals surface area contributed by atoms with Crippen LogP contribution >= 0.6 is 45.5 Å². The number of hydrogen-bond acceptors (Lipinski definition) is 4. The van der Waals surface area contributed by atoms with Crippen molar-refractivity contribution in [1.82, 2.24) is 4.98 Å². The van der Waals surface area contributed by atoms with E-state index in [1.54, 1.807) is 6.07 Å². The minimum Gasteiger partial charge on any atom is -0.461 e. The van der Waals surface area contributed by atoms with Crippen molar-refractivity contribution in [1.29, 1.82) is 0 Å². The Balaban J connectivity index is 2.23. The Hall–Kier alpha value is -0.730. The van der Waals surface area contributed by atoms with Crippen LogP contribution in [0.15, 0.2) is 24.4 Å². The summed E-state index contributed by atoms with van der Waals surface area (Å²) in [7, 11) is 0. The average molecular weight is 412 g/mol. The standard InChI is InChI=1S/C12H8ClFINO2S/c13-8-3-7(4-9(14)5-8)11-16-6-10(19-11)12(17)18-2-1-15/h3-6H,1-2H2. The molecule has 0 saturated carbocycles. The second-order valence-electron chi connectivity index (χ2n) is 3.51.